The molecule has 0 aromatic rings. The molecule has 0 aromatic carbocycles. The normalized spacial score (nSPS) is 11.0. The molecule has 0 unspecified atom stereocenters. The molecule has 0 saturated heterocycles. The Morgan fingerprint density at radius 2 is 1.58 bits per heavy atom. The van der Waals surface area contributed by atoms with Crippen molar-refractivity contribution in [3.8, 4) is 0 Å². The molecule has 0 rings (SSSR count). The summed E-state index contributed by atoms with van der Waals surface area (Å²) in [5.41, 5.74) is 0. The molecule has 12 heavy (non-hydrogen) atoms. The third kappa shape index (κ3) is 9.76. The average molecular weight is 179 g/mol. The maximum absolute atomic E-state index is 8.34. The van der Waals surface area contributed by atoms with Crippen molar-refractivity contribution in [2.75, 3.05) is 39.6 Å². The van der Waals surface area contributed by atoms with Crippen LogP contribution in [0.5, 0.6) is 0 Å². The van der Waals surface area contributed by atoms with Gasteiger partial charge in [0.05, 0.1) is 39.6 Å². The molecule has 5 N–H and O–H groups in total. The zero-order chi connectivity index (χ0) is 9.23. The van der Waals surface area contributed by atoms with Gasteiger partial charge in [-0.3, -0.25) is 11.7 Å². The van der Waals surface area contributed by atoms with Gasteiger partial charge in [0.15, 0.2) is 0 Å². The van der Waals surface area contributed by atoms with E-state index in [0.29, 0.717) is 33.0 Å². The molecule has 0 heterocycles. The van der Waals surface area contributed by atoms with Crippen LogP contribution in [0.15, 0.2) is 0 Å². The van der Waals surface area contributed by atoms with Gasteiger partial charge >= 0.3 is 0 Å². The summed E-state index contributed by atoms with van der Waals surface area (Å²) in [5, 5.41) is 9.40. The van der Waals surface area contributed by atoms with Crippen molar-refractivity contribution in [3.05, 3.63) is 0 Å². The molecule has 0 atom stereocenters. The zero-order valence-corrected chi connectivity index (χ0v) is 7.11. The topological polar surface area (TPSA) is 94.0 Å². The fraction of sp³-hybridized carbons (Fsp3) is 1.00. The van der Waals surface area contributed by atoms with E-state index >= 15 is 0 Å². The molecule has 74 valence electrons. The average Bonchev–Trinajstić information content (AvgIpc) is 2.02. The maximum atomic E-state index is 8.34. The second-order valence-electron chi connectivity index (χ2n) is 2.19. The van der Waals surface area contributed by atoms with Gasteiger partial charge in [0, 0.05) is 0 Å². The standard InChI is InChI=1S/C6H17N3O3/c7-9(8)1-3-11-5-6-12-4-2-10/h10H,1-8H2. The summed E-state index contributed by atoms with van der Waals surface area (Å²) in [5.74, 6) is 10.2. The summed E-state index contributed by atoms with van der Waals surface area (Å²) in [6, 6.07) is 0. The van der Waals surface area contributed by atoms with Gasteiger partial charge in [0.1, 0.15) is 0 Å². The van der Waals surface area contributed by atoms with Gasteiger partial charge < -0.3 is 14.6 Å². The van der Waals surface area contributed by atoms with Gasteiger partial charge in [-0.2, -0.15) is 5.12 Å². The predicted octanol–water partition coefficient (Wildman–Crippen LogP) is -1.94. The van der Waals surface area contributed by atoms with E-state index in [2.05, 4.69) is 0 Å². The lowest BCUT2D eigenvalue weighted by atomic mass is 10.7. The molecule has 0 amide bonds. The Kier molecular flexibility index (Phi) is 8.68. The first kappa shape index (κ1) is 11.8. The number of hydrazine groups is 2. The van der Waals surface area contributed by atoms with Crippen molar-refractivity contribution in [1.29, 1.82) is 0 Å². The minimum atomic E-state index is 0.0410. The Bertz CT molecular complexity index is 92.1. The van der Waals surface area contributed by atoms with Crippen molar-refractivity contribution in [1.82, 2.24) is 5.12 Å². The summed E-state index contributed by atoms with van der Waals surface area (Å²) < 4.78 is 10.0. The lowest BCUT2D eigenvalue weighted by molar-refractivity contribution is 0.0264. The van der Waals surface area contributed by atoms with E-state index in [1.54, 1.807) is 0 Å². The summed E-state index contributed by atoms with van der Waals surface area (Å²) in [4.78, 5) is 0. The van der Waals surface area contributed by atoms with Crippen LogP contribution in [0.1, 0.15) is 0 Å². The summed E-state index contributed by atoms with van der Waals surface area (Å²) in [7, 11) is 0. The van der Waals surface area contributed by atoms with Gasteiger partial charge in [0.25, 0.3) is 0 Å². The summed E-state index contributed by atoms with van der Waals surface area (Å²) in [6.45, 7) is 2.33. The molecular formula is C6H17N3O3. The Balaban J connectivity index is 2.82. The molecular weight excluding hydrogens is 162 g/mol. The lowest BCUT2D eigenvalue weighted by Crippen LogP contribution is -2.40. The Morgan fingerprint density at radius 1 is 1.00 bits per heavy atom. The Hall–Kier alpha value is -0.240. The number of rotatable bonds is 8. The third-order valence-electron chi connectivity index (χ3n) is 1.10. The first-order chi connectivity index (χ1) is 5.77. The molecule has 0 fully saturated rings. The van der Waals surface area contributed by atoms with Crippen molar-refractivity contribution < 1.29 is 14.6 Å². The molecule has 0 saturated carbocycles. The Labute approximate surface area is 72.0 Å². The fourth-order valence-corrected chi connectivity index (χ4v) is 0.556. The molecule has 0 aromatic heterocycles. The Morgan fingerprint density at radius 3 is 2.08 bits per heavy atom. The quantitative estimate of drug-likeness (QED) is 0.228. The smallest absolute Gasteiger partial charge is 0.0701 e. The summed E-state index contributed by atoms with van der Waals surface area (Å²) >= 11 is 0. The van der Waals surface area contributed by atoms with E-state index in [1.807, 2.05) is 0 Å². The van der Waals surface area contributed by atoms with Crippen LogP contribution >= 0.6 is 0 Å². The molecule has 0 aliphatic carbocycles. The van der Waals surface area contributed by atoms with E-state index in [9.17, 15) is 0 Å². The predicted molar refractivity (Wildman–Crippen MR) is 43.8 cm³/mol. The van der Waals surface area contributed by atoms with E-state index in [1.165, 1.54) is 0 Å². The largest absolute Gasteiger partial charge is 0.394 e. The number of ether oxygens (including phenoxy) is 2. The monoisotopic (exact) mass is 179 g/mol. The van der Waals surface area contributed by atoms with E-state index in [4.69, 9.17) is 26.3 Å². The number of hydrogen-bond donors (Lipinski definition) is 3. The van der Waals surface area contributed by atoms with E-state index in [-0.39, 0.29) is 6.61 Å². The number of aliphatic hydroxyl groups excluding tert-OH is 1. The second-order valence-corrected chi connectivity index (χ2v) is 2.19. The van der Waals surface area contributed by atoms with E-state index < -0.39 is 0 Å². The second kappa shape index (κ2) is 8.85. The molecule has 0 aliphatic rings. The van der Waals surface area contributed by atoms with Crippen molar-refractivity contribution in [2.24, 2.45) is 11.7 Å². The van der Waals surface area contributed by atoms with Crippen LogP contribution in [0.25, 0.3) is 0 Å². The van der Waals surface area contributed by atoms with Gasteiger partial charge in [-0.15, -0.1) is 0 Å². The lowest BCUT2D eigenvalue weighted by Gasteiger charge is -2.09. The maximum Gasteiger partial charge on any atom is 0.0701 e. The van der Waals surface area contributed by atoms with Crippen LogP contribution in [-0.4, -0.2) is 49.8 Å². The highest BCUT2D eigenvalue weighted by atomic mass is 16.5. The van der Waals surface area contributed by atoms with Crippen LogP contribution < -0.4 is 11.7 Å². The highest BCUT2D eigenvalue weighted by molar-refractivity contribution is 4.36. The minimum absolute atomic E-state index is 0.0410. The number of aliphatic hydroxyl groups is 1. The van der Waals surface area contributed by atoms with Crippen LogP contribution in [0.3, 0.4) is 0 Å². The van der Waals surface area contributed by atoms with Crippen LogP contribution in [0.2, 0.25) is 0 Å². The fourth-order valence-electron chi connectivity index (χ4n) is 0.556. The SMILES string of the molecule is NN(N)CCOCCOCCO. The summed E-state index contributed by atoms with van der Waals surface area (Å²) in [6.07, 6.45) is 0. The van der Waals surface area contributed by atoms with Gasteiger partial charge in [0.2, 0.25) is 0 Å². The highest BCUT2D eigenvalue weighted by Crippen LogP contribution is 1.78. The van der Waals surface area contributed by atoms with Crippen LogP contribution in [-0.2, 0) is 9.47 Å². The third-order valence-corrected chi connectivity index (χ3v) is 1.10. The molecule has 6 heteroatoms. The molecule has 0 bridgehead atoms. The van der Waals surface area contributed by atoms with Crippen molar-refractivity contribution in [2.45, 2.75) is 0 Å². The highest BCUT2D eigenvalue weighted by Gasteiger charge is 1.91. The van der Waals surface area contributed by atoms with Gasteiger partial charge in [-0.25, -0.2) is 0 Å². The first-order valence-corrected chi connectivity index (χ1v) is 3.80. The number of nitrogens with two attached hydrogens (primary N) is 2. The molecule has 0 radical (unpaired) electrons. The minimum Gasteiger partial charge on any atom is -0.394 e. The van der Waals surface area contributed by atoms with Crippen molar-refractivity contribution >= 4 is 0 Å². The first-order valence-electron chi connectivity index (χ1n) is 3.80. The van der Waals surface area contributed by atoms with Gasteiger partial charge in [-0.1, -0.05) is 0 Å². The van der Waals surface area contributed by atoms with Gasteiger partial charge in [-0.05, 0) is 0 Å². The van der Waals surface area contributed by atoms with Crippen LogP contribution in [0.4, 0.5) is 0 Å². The number of hydrogen-bond acceptors (Lipinski definition) is 6. The van der Waals surface area contributed by atoms with Crippen LogP contribution in [0, 0.1) is 0 Å². The van der Waals surface area contributed by atoms with Crippen molar-refractivity contribution in [3.63, 3.8) is 0 Å². The molecule has 6 nitrogen and oxygen atoms in total. The molecule has 0 spiro atoms. The molecule has 0 aliphatic heterocycles. The zero-order valence-electron chi connectivity index (χ0n) is 7.11. The van der Waals surface area contributed by atoms with E-state index in [0.717, 1.165) is 5.12 Å². The number of nitrogens with zero attached hydrogens (tertiary/aromatic N) is 1.